The molecule has 1 amide bonds. The molecule has 0 heterocycles. The van der Waals surface area contributed by atoms with Crippen molar-refractivity contribution >= 4 is 13.7 Å². The molecule has 0 aliphatic heterocycles. The summed E-state index contributed by atoms with van der Waals surface area (Å²) in [5.74, 6) is -0.632. The van der Waals surface area contributed by atoms with Crippen LogP contribution in [0.15, 0.2) is 23.8 Å². The molecule has 13 heavy (non-hydrogen) atoms. The Hall–Kier alpha value is -1.03. The molecule has 0 saturated heterocycles. The zero-order chi connectivity index (χ0) is 10.3. The van der Waals surface area contributed by atoms with Crippen molar-refractivity contribution in [3.05, 3.63) is 23.8 Å². The predicted molar refractivity (Wildman–Crippen MR) is 53.7 cm³/mol. The zero-order valence-corrected chi connectivity index (χ0v) is 7.95. The number of amides is 1. The normalized spacial score (nSPS) is 14.5. The van der Waals surface area contributed by atoms with Gasteiger partial charge in [0.25, 0.3) is 0 Å². The van der Waals surface area contributed by atoms with Gasteiger partial charge in [-0.1, -0.05) is 18.2 Å². The van der Waals surface area contributed by atoms with E-state index in [2.05, 4.69) is 5.32 Å². The number of aliphatic hydroxyl groups is 1. The summed E-state index contributed by atoms with van der Waals surface area (Å²) in [6.45, 7) is 3.55. The maximum Gasteiger partial charge on any atom is 0.200 e. The Labute approximate surface area is 79.9 Å². The summed E-state index contributed by atoms with van der Waals surface area (Å²) in [5.41, 5.74) is 0.861. The SMILES string of the molecule is [B]C(=O)NC(CO)C(C)=CC=CC. The van der Waals surface area contributed by atoms with E-state index in [1.807, 2.05) is 32.1 Å². The van der Waals surface area contributed by atoms with Crippen LogP contribution in [-0.4, -0.2) is 31.4 Å². The van der Waals surface area contributed by atoms with Crippen molar-refractivity contribution in [3.63, 3.8) is 0 Å². The molecule has 0 bridgehead atoms. The average Bonchev–Trinajstić information content (AvgIpc) is 2.09. The monoisotopic (exact) mass is 179 g/mol. The van der Waals surface area contributed by atoms with Crippen LogP contribution in [0.4, 0.5) is 4.79 Å². The highest BCUT2D eigenvalue weighted by molar-refractivity contribution is 6.57. The number of allylic oxidation sites excluding steroid dienone is 3. The average molecular weight is 179 g/mol. The van der Waals surface area contributed by atoms with Gasteiger partial charge in [-0.15, -0.1) is 0 Å². The number of aliphatic hydroxyl groups excluding tert-OH is 1. The van der Waals surface area contributed by atoms with E-state index in [0.717, 1.165) is 5.57 Å². The molecule has 0 fully saturated rings. The minimum Gasteiger partial charge on any atom is -0.394 e. The van der Waals surface area contributed by atoms with E-state index < -0.39 is 11.8 Å². The summed E-state index contributed by atoms with van der Waals surface area (Å²) in [6, 6.07) is -0.395. The van der Waals surface area contributed by atoms with Gasteiger partial charge < -0.3 is 10.4 Å². The fraction of sp³-hybridized carbons (Fsp3) is 0.444. The lowest BCUT2D eigenvalue weighted by molar-refractivity contribution is 0.239. The van der Waals surface area contributed by atoms with Crippen molar-refractivity contribution < 1.29 is 9.90 Å². The molecular formula is C9H14BNO2. The lowest BCUT2D eigenvalue weighted by atomic mass is 10.1. The first-order valence-electron chi connectivity index (χ1n) is 4.08. The molecular weight excluding hydrogens is 165 g/mol. The second kappa shape index (κ2) is 6.49. The molecule has 0 aliphatic rings. The maximum atomic E-state index is 10.5. The van der Waals surface area contributed by atoms with Gasteiger partial charge in [0.1, 0.15) is 0 Å². The van der Waals surface area contributed by atoms with E-state index in [4.69, 9.17) is 13.0 Å². The van der Waals surface area contributed by atoms with Crippen LogP contribution >= 0.6 is 0 Å². The smallest absolute Gasteiger partial charge is 0.200 e. The highest BCUT2D eigenvalue weighted by Gasteiger charge is 2.08. The number of rotatable bonds is 4. The summed E-state index contributed by atoms with van der Waals surface area (Å²) in [7, 11) is 4.93. The molecule has 4 heteroatoms. The molecule has 2 radical (unpaired) electrons. The van der Waals surface area contributed by atoms with Crippen LogP contribution in [0.25, 0.3) is 0 Å². The quantitative estimate of drug-likeness (QED) is 0.494. The zero-order valence-electron chi connectivity index (χ0n) is 7.95. The third-order valence-electron chi connectivity index (χ3n) is 1.60. The van der Waals surface area contributed by atoms with Crippen molar-refractivity contribution in [3.8, 4) is 0 Å². The first-order chi connectivity index (χ1) is 6.11. The van der Waals surface area contributed by atoms with Crippen LogP contribution in [0.1, 0.15) is 13.8 Å². The van der Waals surface area contributed by atoms with Crippen LogP contribution < -0.4 is 5.32 Å². The third-order valence-corrected chi connectivity index (χ3v) is 1.60. The Kier molecular flexibility index (Phi) is 5.98. The fourth-order valence-corrected chi connectivity index (χ4v) is 0.839. The predicted octanol–water partition coefficient (Wildman–Crippen LogP) is 0.748. The lowest BCUT2D eigenvalue weighted by Gasteiger charge is -2.15. The number of carbonyl (C=O) groups excluding carboxylic acids is 1. The van der Waals surface area contributed by atoms with Gasteiger partial charge in [-0.3, -0.25) is 4.79 Å². The van der Waals surface area contributed by atoms with E-state index in [0.29, 0.717) is 0 Å². The Balaban J connectivity index is 4.30. The molecule has 0 aromatic rings. The molecule has 3 nitrogen and oxygen atoms in total. The van der Waals surface area contributed by atoms with Crippen molar-refractivity contribution in [2.24, 2.45) is 0 Å². The van der Waals surface area contributed by atoms with Crippen molar-refractivity contribution in [1.82, 2.24) is 5.32 Å². The molecule has 0 saturated carbocycles. The summed E-state index contributed by atoms with van der Waals surface area (Å²) < 4.78 is 0. The first kappa shape index (κ1) is 12.0. The molecule has 0 aromatic carbocycles. The highest BCUT2D eigenvalue weighted by Crippen LogP contribution is 2.00. The molecule has 0 aromatic heterocycles. The number of hydrogen-bond acceptors (Lipinski definition) is 2. The molecule has 2 N–H and O–H groups in total. The Morgan fingerprint density at radius 3 is 2.69 bits per heavy atom. The molecule has 70 valence electrons. The van der Waals surface area contributed by atoms with Crippen LogP contribution in [0, 0.1) is 0 Å². The largest absolute Gasteiger partial charge is 0.394 e. The van der Waals surface area contributed by atoms with E-state index in [1.54, 1.807) is 0 Å². The third kappa shape index (κ3) is 5.25. The van der Waals surface area contributed by atoms with E-state index >= 15 is 0 Å². The van der Waals surface area contributed by atoms with Crippen LogP contribution in [0.5, 0.6) is 0 Å². The topological polar surface area (TPSA) is 49.3 Å². The summed E-state index contributed by atoms with van der Waals surface area (Å²) >= 11 is 0. The van der Waals surface area contributed by atoms with Gasteiger partial charge in [-0.05, 0) is 19.4 Å². The summed E-state index contributed by atoms with van der Waals surface area (Å²) in [6.07, 6.45) is 5.51. The van der Waals surface area contributed by atoms with Crippen LogP contribution in [0.2, 0.25) is 0 Å². The van der Waals surface area contributed by atoms with E-state index in [-0.39, 0.29) is 6.61 Å². The summed E-state index contributed by atoms with van der Waals surface area (Å²) in [5, 5.41) is 11.3. The van der Waals surface area contributed by atoms with Crippen molar-refractivity contribution in [1.29, 1.82) is 0 Å². The fourth-order valence-electron chi connectivity index (χ4n) is 0.839. The lowest BCUT2D eigenvalue weighted by Crippen LogP contribution is -2.37. The van der Waals surface area contributed by atoms with Gasteiger partial charge in [0.05, 0.1) is 12.6 Å². The Morgan fingerprint density at radius 1 is 1.69 bits per heavy atom. The van der Waals surface area contributed by atoms with Crippen molar-refractivity contribution in [2.75, 3.05) is 6.61 Å². The maximum absolute atomic E-state index is 10.5. The number of hydrogen-bond donors (Lipinski definition) is 2. The Morgan fingerprint density at radius 2 is 2.31 bits per heavy atom. The second-order valence-corrected chi connectivity index (χ2v) is 2.68. The molecule has 1 unspecified atom stereocenters. The van der Waals surface area contributed by atoms with Gasteiger partial charge >= 0.3 is 0 Å². The first-order valence-corrected chi connectivity index (χ1v) is 4.08. The molecule has 0 rings (SSSR count). The molecule has 1 atom stereocenters. The molecule has 0 spiro atoms. The second-order valence-electron chi connectivity index (χ2n) is 2.68. The number of carbonyl (C=O) groups is 1. The minimum absolute atomic E-state index is 0.150. The standard InChI is InChI=1S/C9H14BNO2/c1-3-4-5-7(2)8(6-12)11-9(10)13/h3-5,8,12H,6H2,1-2H3,(H,11,13). The molecule has 0 aliphatic carbocycles. The van der Waals surface area contributed by atoms with Crippen LogP contribution in [-0.2, 0) is 0 Å². The van der Waals surface area contributed by atoms with E-state index in [1.165, 1.54) is 0 Å². The van der Waals surface area contributed by atoms with Gasteiger partial charge in [-0.25, -0.2) is 0 Å². The minimum atomic E-state index is -0.632. The van der Waals surface area contributed by atoms with Crippen LogP contribution in [0.3, 0.4) is 0 Å². The number of nitrogens with one attached hydrogen (secondary N) is 1. The van der Waals surface area contributed by atoms with Gasteiger partial charge in [0.15, 0.2) is 5.81 Å². The van der Waals surface area contributed by atoms with Gasteiger partial charge in [0.2, 0.25) is 7.85 Å². The van der Waals surface area contributed by atoms with Gasteiger partial charge in [0, 0.05) is 0 Å². The highest BCUT2D eigenvalue weighted by atomic mass is 16.3. The van der Waals surface area contributed by atoms with Gasteiger partial charge in [-0.2, -0.15) is 0 Å². The van der Waals surface area contributed by atoms with Crippen molar-refractivity contribution in [2.45, 2.75) is 19.9 Å². The Bertz CT molecular complexity index is 224. The van der Waals surface area contributed by atoms with E-state index in [9.17, 15) is 4.79 Å². The summed E-state index contributed by atoms with van der Waals surface area (Å²) in [4.78, 5) is 10.5.